The van der Waals surface area contributed by atoms with Gasteiger partial charge >= 0.3 is 0 Å². The van der Waals surface area contributed by atoms with Gasteiger partial charge in [0.25, 0.3) is 11.7 Å². The number of aliphatic hydroxyl groups is 1. The number of carbonyl (C=O) groups excluding carboxylic acids is 2. The summed E-state index contributed by atoms with van der Waals surface area (Å²) in [6, 6.07) is 16.9. The average molecular weight is 488 g/mol. The fraction of sp³-hybridized carbons (Fsp3) is 0.267. The van der Waals surface area contributed by atoms with Crippen LogP contribution in [0.3, 0.4) is 0 Å². The monoisotopic (exact) mass is 487 g/mol. The maximum atomic E-state index is 15.0. The molecule has 0 saturated carbocycles. The molecule has 1 aliphatic heterocycles. The van der Waals surface area contributed by atoms with Crippen molar-refractivity contribution in [3.8, 4) is 5.75 Å². The molecule has 0 bridgehead atoms. The minimum Gasteiger partial charge on any atom is -0.507 e. The Balaban J connectivity index is 1.78. The highest BCUT2D eigenvalue weighted by atomic mass is 19.1. The fourth-order valence-corrected chi connectivity index (χ4v) is 4.37. The van der Waals surface area contributed by atoms with E-state index in [1.165, 1.54) is 17.0 Å². The summed E-state index contributed by atoms with van der Waals surface area (Å²) >= 11 is 0. The minimum atomic E-state index is -1.11. The Hall–Kier alpha value is -3.93. The molecule has 1 N–H and O–H groups in total. The maximum absolute atomic E-state index is 15.0. The number of anilines is 1. The molecule has 36 heavy (non-hydrogen) atoms. The molecular formula is C30H30FNO4. The van der Waals surface area contributed by atoms with Crippen molar-refractivity contribution in [2.24, 2.45) is 0 Å². The van der Waals surface area contributed by atoms with Crippen molar-refractivity contribution in [2.75, 3.05) is 11.5 Å². The summed E-state index contributed by atoms with van der Waals surface area (Å²) in [6.07, 6.45) is 3.12. The molecule has 0 radical (unpaired) electrons. The first-order chi connectivity index (χ1) is 17.3. The van der Waals surface area contributed by atoms with Crippen molar-refractivity contribution in [3.63, 3.8) is 0 Å². The van der Waals surface area contributed by atoms with Crippen molar-refractivity contribution >= 4 is 23.1 Å². The molecule has 0 aliphatic carbocycles. The van der Waals surface area contributed by atoms with E-state index in [1.54, 1.807) is 48.5 Å². The van der Waals surface area contributed by atoms with Crippen LogP contribution >= 0.6 is 0 Å². The summed E-state index contributed by atoms with van der Waals surface area (Å²) in [5.41, 5.74) is 2.73. The second kappa shape index (κ2) is 10.8. The second-order valence-corrected chi connectivity index (χ2v) is 9.04. The Morgan fingerprint density at radius 3 is 2.36 bits per heavy atom. The van der Waals surface area contributed by atoms with Crippen LogP contribution in [-0.2, 0) is 9.59 Å². The molecule has 1 amide bonds. The van der Waals surface area contributed by atoms with Crippen molar-refractivity contribution in [3.05, 3.63) is 100 Å². The number of halogens is 1. The number of nitrogens with zero attached hydrogens (tertiary/aromatic N) is 1. The Kier molecular flexibility index (Phi) is 7.53. The predicted octanol–water partition coefficient (Wildman–Crippen LogP) is 6.64. The highest BCUT2D eigenvalue weighted by molar-refractivity contribution is 6.51. The van der Waals surface area contributed by atoms with Gasteiger partial charge in [-0.05, 0) is 73.9 Å². The van der Waals surface area contributed by atoms with Gasteiger partial charge < -0.3 is 9.84 Å². The summed E-state index contributed by atoms with van der Waals surface area (Å²) < 4.78 is 20.8. The van der Waals surface area contributed by atoms with E-state index in [0.717, 1.165) is 30.4 Å². The molecule has 3 aromatic carbocycles. The number of unbranched alkanes of at least 4 members (excludes halogenated alkanes) is 2. The van der Waals surface area contributed by atoms with Crippen LogP contribution in [0.15, 0.2) is 72.3 Å². The smallest absolute Gasteiger partial charge is 0.300 e. The molecule has 1 heterocycles. The number of ether oxygens (including phenoxy) is 1. The van der Waals surface area contributed by atoms with E-state index in [9.17, 15) is 14.7 Å². The van der Waals surface area contributed by atoms with Crippen LogP contribution in [0, 0.1) is 19.7 Å². The average Bonchev–Trinajstić information content (AvgIpc) is 3.14. The van der Waals surface area contributed by atoms with Crippen LogP contribution < -0.4 is 9.64 Å². The van der Waals surface area contributed by atoms with Gasteiger partial charge in [-0.1, -0.05) is 44.0 Å². The number of carbonyl (C=O) groups is 2. The van der Waals surface area contributed by atoms with Gasteiger partial charge in [0.1, 0.15) is 17.3 Å². The van der Waals surface area contributed by atoms with E-state index >= 15 is 4.39 Å². The van der Waals surface area contributed by atoms with E-state index < -0.39 is 23.5 Å². The van der Waals surface area contributed by atoms with Gasteiger partial charge in [-0.3, -0.25) is 14.5 Å². The zero-order chi connectivity index (χ0) is 25.8. The molecule has 0 spiro atoms. The molecule has 1 saturated heterocycles. The Labute approximate surface area is 210 Å². The predicted molar refractivity (Wildman–Crippen MR) is 139 cm³/mol. The first kappa shape index (κ1) is 25.2. The SMILES string of the molecule is CCCCCOc1ccc(/C(O)=C2\C(=O)C(=O)N(c3ccc(C)c(C)c3)C2c2ccccc2F)cc1. The summed E-state index contributed by atoms with van der Waals surface area (Å²) in [4.78, 5) is 27.8. The summed E-state index contributed by atoms with van der Waals surface area (Å²) in [6.45, 7) is 6.56. The molecule has 6 heteroatoms. The lowest BCUT2D eigenvalue weighted by Crippen LogP contribution is -2.30. The molecule has 1 aliphatic rings. The lowest BCUT2D eigenvalue weighted by Gasteiger charge is -2.26. The van der Waals surface area contributed by atoms with E-state index in [1.807, 2.05) is 19.9 Å². The van der Waals surface area contributed by atoms with Crippen molar-refractivity contribution in [1.82, 2.24) is 0 Å². The Bertz CT molecular complexity index is 1310. The number of ketones is 1. The van der Waals surface area contributed by atoms with Crippen LogP contribution in [0.1, 0.15) is 54.5 Å². The van der Waals surface area contributed by atoms with Gasteiger partial charge in [-0.15, -0.1) is 0 Å². The van der Waals surface area contributed by atoms with Gasteiger partial charge in [-0.2, -0.15) is 0 Å². The molecule has 1 fully saturated rings. The van der Waals surface area contributed by atoms with Crippen LogP contribution in [-0.4, -0.2) is 23.4 Å². The summed E-state index contributed by atoms with van der Waals surface area (Å²) in [7, 11) is 0. The van der Waals surface area contributed by atoms with Crippen molar-refractivity contribution < 1.29 is 23.8 Å². The van der Waals surface area contributed by atoms with Gasteiger partial charge in [0.05, 0.1) is 18.2 Å². The number of rotatable bonds is 8. The second-order valence-electron chi connectivity index (χ2n) is 9.04. The van der Waals surface area contributed by atoms with Crippen molar-refractivity contribution in [2.45, 2.75) is 46.1 Å². The largest absolute Gasteiger partial charge is 0.507 e. The van der Waals surface area contributed by atoms with Crippen molar-refractivity contribution in [1.29, 1.82) is 0 Å². The topological polar surface area (TPSA) is 66.8 Å². The number of hydrogen-bond acceptors (Lipinski definition) is 4. The summed E-state index contributed by atoms with van der Waals surface area (Å²) in [5.74, 6) is -1.96. The number of benzene rings is 3. The quantitative estimate of drug-likeness (QED) is 0.167. The minimum absolute atomic E-state index is 0.132. The number of Topliss-reactive ketones (excluding diaryl/α,β-unsaturated/α-hetero) is 1. The number of aliphatic hydroxyl groups excluding tert-OH is 1. The van der Waals surface area contributed by atoms with Crippen LogP contribution in [0.2, 0.25) is 0 Å². The molecular weight excluding hydrogens is 457 g/mol. The zero-order valence-corrected chi connectivity index (χ0v) is 20.8. The van der Waals surface area contributed by atoms with Gasteiger partial charge in [-0.25, -0.2) is 4.39 Å². The highest BCUT2D eigenvalue weighted by Gasteiger charge is 2.47. The first-order valence-corrected chi connectivity index (χ1v) is 12.2. The summed E-state index contributed by atoms with van der Waals surface area (Å²) in [5, 5.41) is 11.2. The third kappa shape index (κ3) is 4.89. The van der Waals surface area contributed by atoms with Gasteiger partial charge in [0.2, 0.25) is 0 Å². The van der Waals surface area contributed by atoms with Gasteiger partial charge in [0, 0.05) is 16.8 Å². The molecule has 1 unspecified atom stereocenters. The maximum Gasteiger partial charge on any atom is 0.300 e. The number of amides is 1. The van der Waals surface area contributed by atoms with E-state index in [-0.39, 0.29) is 16.9 Å². The third-order valence-corrected chi connectivity index (χ3v) is 6.56. The van der Waals surface area contributed by atoms with E-state index in [4.69, 9.17) is 4.74 Å². The fourth-order valence-electron chi connectivity index (χ4n) is 4.37. The number of aryl methyl sites for hydroxylation is 2. The Morgan fingerprint density at radius 1 is 0.972 bits per heavy atom. The third-order valence-electron chi connectivity index (χ3n) is 6.56. The molecule has 1 atom stereocenters. The molecule has 4 rings (SSSR count). The standard InChI is InChI=1S/C30H30FNO4/c1-4-5-8-17-36-23-15-12-21(13-16-23)28(33)26-27(24-9-6-7-10-25(24)31)32(30(35)29(26)34)22-14-11-19(2)20(3)18-22/h6-7,9-16,18,27,33H,4-5,8,17H2,1-3H3/b28-26+. The molecule has 186 valence electrons. The first-order valence-electron chi connectivity index (χ1n) is 12.2. The van der Waals surface area contributed by atoms with E-state index in [2.05, 4.69) is 6.92 Å². The van der Waals surface area contributed by atoms with Crippen LogP contribution in [0.4, 0.5) is 10.1 Å². The zero-order valence-electron chi connectivity index (χ0n) is 20.8. The lowest BCUT2D eigenvalue weighted by atomic mass is 9.94. The molecule has 3 aromatic rings. The van der Waals surface area contributed by atoms with E-state index in [0.29, 0.717) is 23.6 Å². The Morgan fingerprint density at radius 2 is 1.69 bits per heavy atom. The van der Waals surface area contributed by atoms with Gasteiger partial charge in [0.15, 0.2) is 0 Å². The molecule has 5 nitrogen and oxygen atoms in total. The van der Waals surface area contributed by atoms with Crippen LogP contribution in [0.5, 0.6) is 5.75 Å². The van der Waals surface area contributed by atoms with Crippen LogP contribution in [0.25, 0.3) is 5.76 Å². The molecule has 0 aromatic heterocycles. The highest BCUT2D eigenvalue weighted by Crippen LogP contribution is 2.43. The lowest BCUT2D eigenvalue weighted by molar-refractivity contribution is -0.132. The number of hydrogen-bond donors (Lipinski definition) is 1. The normalized spacial score (nSPS) is 17.0.